The van der Waals surface area contributed by atoms with E-state index in [2.05, 4.69) is 53.6 Å². The largest absolute Gasteiger partial charge is 0.493 e. The number of carbonyl (C=O) groups is 2. The van der Waals surface area contributed by atoms with Crippen LogP contribution in [0.1, 0.15) is 45.2 Å². The Balaban J connectivity index is 1.06. The standard InChI is InChI=1S/C37H28N2O4/c1-42-31-19-22(17-18-30(31)43-21-24-11-8-10-23-9-2-3-12-25(23)24)20-38-39-36(40)34-32-26-13-4-5-14-27(26)33(35(34)37(39)41)29-16-7-6-15-28(29)32/h2-20,32-35H,21H2,1H3/b38-20+. The second-order valence-corrected chi connectivity index (χ2v) is 11.3. The maximum atomic E-state index is 13.8. The number of carbonyl (C=O) groups excluding carboxylic acids is 2. The predicted molar refractivity (Wildman–Crippen MR) is 164 cm³/mol. The Bertz CT molecular complexity index is 1840. The van der Waals surface area contributed by atoms with Crippen molar-refractivity contribution < 1.29 is 19.1 Å². The van der Waals surface area contributed by atoms with Crippen molar-refractivity contribution in [2.75, 3.05) is 7.11 Å². The van der Waals surface area contributed by atoms with Crippen LogP contribution in [-0.4, -0.2) is 30.1 Å². The van der Waals surface area contributed by atoms with E-state index in [9.17, 15) is 9.59 Å². The molecule has 2 bridgehead atoms. The summed E-state index contributed by atoms with van der Waals surface area (Å²) in [4.78, 5) is 27.6. The molecule has 210 valence electrons. The molecule has 4 aliphatic rings. The van der Waals surface area contributed by atoms with Gasteiger partial charge >= 0.3 is 0 Å². The minimum Gasteiger partial charge on any atom is -0.493 e. The van der Waals surface area contributed by atoms with E-state index in [-0.39, 0.29) is 23.7 Å². The highest BCUT2D eigenvalue weighted by Crippen LogP contribution is 2.61. The molecule has 0 N–H and O–H groups in total. The Morgan fingerprint density at radius 1 is 0.698 bits per heavy atom. The van der Waals surface area contributed by atoms with Gasteiger partial charge in [0.1, 0.15) is 6.61 Å². The molecule has 6 heteroatoms. The van der Waals surface area contributed by atoms with Crippen LogP contribution in [0, 0.1) is 11.8 Å². The molecule has 1 aliphatic heterocycles. The molecule has 43 heavy (non-hydrogen) atoms. The number of ether oxygens (including phenoxy) is 2. The van der Waals surface area contributed by atoms with E-state index in [0.717, 1.165) is 43.6 Å². The van der Waals surface area contributed by atoms with Crippen molar-refractivity contribution in [3.8, 4) is 11.5 Å². The van der Waals surface area contributed by atoms with E-state index < -0.39 is 11.8 Å². The summed E-state index contributed by atoms with van der Waals surface area (Å²) in [7, 11) is 1.59. The zero-order valence-corrected chi connectivity index (χ0v) is 23.5. The molecule has 0 radical (unpaired) electrons. The number of amides is 2. The molecule has 1 heterocycles. The van der Waals surface area contributed by atoms with Crippen LogP contribution in [0.5, 0.6) is 11.5 Å². The van der Waals surface area contributed by atoms with Crippen molar-refractivity contribution in [2.45, 2.75) is 18.4 Å². The van der Waals surface area contributed by atoms with E-state index in [1.807, 2.05) is 54.6 Å². The lowest BCUT2D eigenvalue weighted by Gasteiger charge is -2.45. The highest BCUT2D eigenvalue weighted by atomic mass is 16.5. The third-order valence-corrected chi connectivity index (χ3v) is 9.20. The highest BCUT2D eigenvalue weighted by molar-refractivity contribution is 6.08. The Morgan fingerprint density at radius 3 is 1.91 bits per heavy atom. The van der Waals surface area contributed by atoms with E-state index in [0.29, 0.717) is 23.7 Å². The first-order valence-corrected chi connectivity index (χ1v) is 14.5. The quantitative estimate of drug-likeness (QED) is 0.171. The molecule has 5 aromatic rings. The smallest absolute Gasteiger partial charge is 0.254 e. The third-order valence-electron chi connectivity index (χ3n) is 9.20. The van der Waals surface area contributed by atoms with Crippen LogP contribution >= 0.6 is 0 Å². The zero-order valence-electron chi connectivity index (χ0n) is 23.5. The molecular formula is C37H28N2O4. The van der Waals surface area contributed by atoms with E-state index >= 15 is 0 Å². The van der Waals surface area contributed by atoms with Crippen molar-refractivity contribution in [1.82, 2.24) is 5.01 Å². The fourth-order valence-corrected chi connectivity index (χ4v) is 7.36. The summed E-state index contributed by atoms with van der Waals surface area (Å²) in [6, 6.07) is 36.3. The molecule has 3 aliphatic carbocycles. The molecule has 0 saturated carbocycles. The number of rotatable bonds is 6. The number of benzene rings is 5. The van der Waals surface area contributed by atoms with Gasteiger partial charge in [0.25, 0.3) is 11.8 Å². The predicted octanol–water partition coefficient (Wildman–Crippen LogP) is 6.65. The number of methoxy groups -OCH3 is 1. The third kappa shape index (κ3) is 3.90. The van der Waals surface area contributed by atoms with Gasteiger partial charge in [0.05, 0.1) is 25.2 Å². The maximum absolute atomic E-state index is 13.8. The summed E-state index contributed by atoms with van der Waals surface area (Å²) < 4.78 is 11.8. The summed E-state index contributed by atoms with van der Waals surface area (Å²) in [6.45, 7) is 0.387. The molecule has 1 fully saturated rings. The SMILES string of the molecule is COc1cc(/C=N/N2C(=O)C3C4c5ccccc5C(c5ccccc54)C3C2=O)ccc1OCc1cccc2ccccc12. The second-order valence-electron chi connectivity index (χ2n) is 11.3. The average Bonchev–Trinajstić information content (AvgIpc) is 3.31. The number of nitrogens with zero attached hydrogens (tertiary/aromatic N) is 2. The normalized spacial score (nSPS) is 21.7. The monoisotopic (exact) mass is 564 g/mol. The van der Waals surface area contributed by atoms with Crippen molar-refractivity contribution >= 4 is 28.8 Å². The van der Waals surface area contributed by atoms with Crippen LogP contribution in [0.2, 0.25) is 0 Å². The summed E-state index contributed by atoms with van der Waals surface area (Å²) in [5.74, 6) is -0.577. The van der Waals surface area contributed by atoms with Gasteiger partial charge in [-0.3, -0.25) is 9.59 Å². The fourth-order valence-electron chi connectivity index (χ4n) is 7.36. The number of imide groups is 1. The van der Waals surface area contributed by atoms with Gasteiger partial charge in [-0.25, -0.2) is 0 Å². The van der Waals surface area contributed by atoms with Crippen LogP contribution in [0.15, 0.2) is 114 Å². The number of hydrogen-bond donors (Lipinski definition) is 0. The van der Waals surface area contributed by atoms with Crippen LogP contribution in [-0.2, 0) is 16.2 Å². The Kier molecular flexibility index (Phi) is 5.89. The first-order valence-electron chi connectivity index (χ1n) is 14.5. The van der Waals surface area contributed by atoms with Crippen LogP contribution in [0.3, 0.4) is 0 Å². The second kappa shape index (κ2) is 9.95. The number of hydrogen-bond acceptors (Lipinski definition) is 5. The average molecular weight is 565 g/mol. The molecule has 2 atom stereocenters. The summed E-state index contributed by atoms with van der Waals surface area (Å²) in [6.07, 6.45) is 1.55. The number of hydrazone groups is 1. The van der Waals surface area contributed by atoms with Crippen LogP contribution in [0.4, 0.5) is 0 Å². The van der Waals surface area contributed by atoms with Crippen molar-refractivity contribution in [2.24, 2.45) is 16.9 Å². The molecule has 0 spiro atoms. The Morgan fingerprint density at radius 2 is 1.28 bits per heavy atom. The lowest BCUT2D eigenvalue weighted by Crippen LogP contribution is -2.41. The van der Waals surface area contributed by atoms with E-state index in [1.54, 1.807) is 19.4 Å². The molecule has 5 aromatic carbocycles. The molecule has 2 unspecified atom stereocenters. The first-order chi connectivity index (χ1) is 21.1. The number of fused-ring (bicyclic) bond motifs is 1. The topological polar surface area (TPSA) is 68.2 Å². The first kappa shape index (κ1) is 25.5. The van der Waals surface area contributed by atoms with Crippen LogP contribution < -0.4 is 9.47 Å². The highest BCUT2D eigenvalue weighted by Gasteiger charge is 2.61. The van der Waals surface area contributed by atoms with E-state index in [4.69, 9.17) is 9.47 Å². The lowest BCUT2D eigenvalue weighted by molar-refractivity contribution is -0.139. The lowest BCUT2D eigenvalue weighted by atomic mass is 9.55. The van der Waals surface area contributed by atoms with Gasteiger partial charge in [0, 0.05) is 11.8 Å². The van der Waals surface area contributed by atoms with E-state index in [1.165, 1.54) is 0 Å². The van der Waals surface area contributed by atoms with Gasteiger partial charge in [-0.2, -0.15) is 10.1 Å². The van der Waals surface area contributed by atoms with Gasteiger partial charge in [0.2, 0.25) is 0 Å². The van der Waals surface area contributed by atoms with Gasteiger partial charge in [-0.15, -0.1) is 0 Å². The van der Waals surface area contributed by atoms with Gasteiger partial charge in [-0.1, -0.05) is 91.0 Å². The van der Waals surface area contributed by atoms with Crippen LogP contribution in [0.25, 0.3) is 10.8 Å². The molecule has 1 saturated heterocycles. The fraction of sp³-hybridized carbons (Fsp3) is 0.162. The molecular weight excluding hydrogens is 536 g/mol. The Labute approximate surface area is 249 Å². The minimum atomic E-state index is -0.459. The summed E-state index contributed by atoms with van der Waals surface area (Å²) in [5, 5.41) is 7.84. The summed E-state index contributed by atoms with van der Waals surface area (Å²) in [5.41, 5.74) is 6.34. The van der Waals surface area contributed by atoms with Gasteiger partial charge in [0.15, 0.2) is 11.5 Å². The Hall–Kier alpha value is -5.23. The van der Waals surface area contributed by atoms with Gasteiger partial charge < -0.3 is 9.47 Å². The maximum Gasteiger partial charge on any atom is 0.254 e. The van der Waals surface area contributed by atoms with Gasteiger partial charge in [-0.05, 0) is 62.4 Å². The molecule has 6 nitrogen and oxygen atoms in total. The van der Waals surface area contributed by atoms with Crippen molar-refractivity contribution in [3.63, 3.8) is 0 Å². The van der Waals surface area contributed by atoms with Crippen molar-refractivity contribution in [3.05, 3.63) is 143 Å². The summed E-state index contributed by atoms with van der Waals surface area (Å²) >= 11 is 0. The molecule has 0 aromatic heterocycles. The zero-order chi connectivity index (χ0) is 29.1. The molecule has 9 rings (SSSR count). The molecule has 2 amide bonds. The van der Waals surface area contributed by atoms with Crippen molar-refractivity contribution in [1.29, 1.82) is 0 Å². The minimum absolute atomic E-state index is 0.155.